The number of quaternary nitrogens is 1. The first-order chi connectivity index (χ1) is 10.7. The molecule has 3 rings (SSSR count). The fourth-order valence-corrected chi connectivity index (χ4v) is 2.96. The van der Waals surface area contributed by atoms with Gasteiger partial charge in [0.1, 0.15) is 13.1 Å². The molecule has 1 aliphatic heterocycles. The summed E-state index contributed by atoms with van der Waals surface area (Å²) < 4.78 is 0. The van der Waals surface area contributed by atoms with Crippen LogP contribution in [0.3, 0.4) is 0 Å². The van der Waals surface area contributed by atoms with E-state index in [2.05, 4.69) is 10.5 Å². The van der Waals surface area contributed by atoms with E-state index in [-0.39, 0.29) is 6.10 Å². The van der Waals surface area contributed by atoms with Crippen molar-refractivity contribution in [1.29, 1.82) is 0 Å². The van der Waals surface area contributed by atoms with Crippen LogP contribution in [0.5, 0.6) is 0 Å². The van der Waals surface area contributed by atoms with Gasteiger partial charge in [0.25, 0.3) is 0 Å². The predicted molar refractivity (Wildman–Crippen MR) is 89.4 cm³/mol. The Morgan fingerprint density at radius 2 is 1.77 bits per heavy atom. The molecule has 0 aromatic heterocycles. The molecule has 2 N–H and O–H groups in total. The maximum absolute atomic E-state index is 6.19. The molecule has 2 aromatic rings. The van der Waals surface area contributed by atoms with Crippen LogP contribution in [-0.4, -0.2) is 18.4 Å². The third-order valence-corrected chi connectivity index (χ3v) is 4.37. The van der Waals surface area contributed by atoms with Gasteiger partial charge in [0.15, 0.2) is 6.10 Å². The molecule has 0 saturated carbocycles. The Hall–Kier alpha value is -1.55. The molecule has 0 spiro atoms. The van der Waals surface area contributed by atoms with E-state index in [1.807, 2.05) is 48.5 Å². The first-order valence-corrected chi connectivity index (χ1v) is 8.02. The summed E-state index contributed by atoms with van der Waals surface area (Å²) in [6.45, 7) is 1.67. The van der Waals surface area contributed by atoms with Gasteiger partial charge in [-0.25, -0.2) is 0 Å². The van der Waals surface area contributed by atoms with Crippen LogP contribution in [0.2, 0.25) is 10.0 Å². The van der Waals surface area contributed by atoms with Gasteiger partial charge < -0.3 is 10.2 Å². The smallest absolute Gasteiger partial charge is 0.181 e. The van der Waals surface area contributed by atoms with Crippen LogP contribution in [0, 0.1) is 0 Å². The number of rotatable bonds is 5. The number of nitrogens with zero attached hydrogens (tertiary/aromatic N) is 1. The quantitative estimate of drug-likeness (QED) is 0.894. The monoisotopic (exact) mass is 335 g/mol. The van der Waals surface area contributed by atoms with Crippen molar-refractivity contribution in [2.75, 3.05) is 6.54 Å². The molecule has 2 aromatic carbocycles. The molecule has 0 bridgehead atoms. The van der Waals surface area contributed by atoms with Gasteiger partial charge in [-0.3, -0.25) is 0 Å². The first kappa shape index (κ1) is 15.3. The number of hydrogen-bond donors (Lipinski definition) is 1. The van der Waals surface area contributed by atoms with Crippen LogP contribution in [0.15, 0.2) is 53.7 Å². The summed E-state index contributed by atoms with van der Waals surface area (Å²) in [5.74, 6) is 0. The molecule has 0 amide bonds. The Kier molecular flexibility index (Phi) is 4.98. The molecular weight excluding hydrogens is 319 g/mol. The standard InChI is InChI=1S/C17H16Cl2N2O/c18-15-7-3-1-5-12(15)10-20-11-13-9-17(21-22-13)14-6-2-4-8-16(14)19/h1-8,13,20H,9-11H2/p+1/t13-/m1/s1. The second-order valence-corrected chi connectivity index (χ2v) is 6.08. The van der Waals surface area contributed by atoms with Crippen molar-refractivity contribution < 1.29 is 10.2 Å². The topological polar surface area (TPSA) is 38.2 Å². The lowest BCUT2D eigenvalue weighted by atomic mass is 10.0. The maximum atomic E-state index is 6.19. The van der Waals surface area contributed by atoms with Crippen LogP contribution in [-0.2, 0) is 11.4 Å². The van der Waals surface area contributed by atoms with Gasteiger partial charge in [0.05, 0.1) is 5.71 Å². The number of halogens is 2. The fourth-order valence-electron chi connectivity index (χ4n) is 2.50. The third-order valence-electron chi connectivity index (χ3n) is 3.67. The third kappa shape index (κ3) is 3.61. The highest BCUT2D eigenvalue weighted by Gasteiger charge is 2.24. The summed E-state index contributed by atoms with van der Waals surface area (Å²) in [7, 11) is 0. The minimum atomic E-state index is 0.0776. The van der Waals surface area contributed by atoms with Crippen LogP contribution in [0.1, 0.15) is 17.5 Å². The molecule has 0 unspecified atom stereocenters. The van der Waals surface area contributed by atoms with Gasteiger partial charge in [-0.2, -0.15) is 0 Å². The molecule has 1 heterocycles. The maximum Gasteiger partial charge on any atom is 0.181 e. The first-order valence-electron chi connectivity index (χ1n) is 7.26. The molecule has 114 valence electrons. The van der Waals surface area contributed by atoms with Gasteiger partial charge in [-0.15, -0.1) is 0 Å². The molecular formula is C17H17Cl2N2O+. The number of oxime groups is 1. The van der Waals surface area contributed by atoms with Crippen molar-refractivity contribution in [3.05, 3.63) is 69.7 Å². The van der Waals surface area contributed by atoms with Crippen LogP contribution >= 0.6 is 23.2 Å². The predicted octanol–water partition coefficient (Wildman–Crippen LogP) is 3.25. The molecule has 0 aliphatic carbocycles. The van der Waals surface area contributed by atoms with Crippen molar-refractivity contribution in [1.82, 2.24) is 0 Å². The highest BCUT2D eigenvalue weighted by atomic mass is 35.5. The fraction of sp³-hybridized carbons (Fsp3) is 0.235. The van der Waals surface area contributed by atoms with E-state index >= 15 is 0 Å². The molecule has 5 heteroatoms. The number of hydrogen-bond acceptors (Lipinski definition) is 2. The van der Waals surface area contributed by atoms with E-state index in [9.17, 15) is 0 Å². The zero-order valence-corrected chi connectivity index (χ0v) is 13.5. The largest absolute Gasteiger partial charge is 0.386 e. The lowest BCUT2D eigenvalue weighted by molar-refractivity contribution is -0.676. The molecule has 0 fully saturated rings. The van der Waals surface area contributed by atoms with Crippen molar-refractivity contribution in [2.24, 2.45) is 5.16 Å². The van der Waals surface area contributed by atoms with Gasteiger partial charge in [0, 0.05) is 27.6 Å². The van der Waals surface area contributed by atoms with Crippen molar-refractivity contribution in [2.45, 2.75) is 19.1 Å². The summed E-state index contributed by atoms with van der Waals surface area (Å²) >= 11 is 12.3. The molecule has 22 heavy (non-hydrogen) atoms. The van der Waals surface area contributed by atoms with Crippen LogP contribution in [0.25, 0.3) is 0 Å². The van der Waals surface area contributed by atoms with Gasteiger partial charge in [-0.1, -0.05) is 64.8 Å². The lowest BCUT2D eigenvalue weighted by Gasteiger charge is -2.08. The second-order valence-electron chi connectivity index (χ2n) is 5.27. The van der Waals surface area contributed by atoms with Crippen LogP contribution in [0.4, 0.5) is 0 Å². The Bertz CT molecular complexity index is 688. The normalized spacial score (nSPS) is 17.2. The summed E-state index contributed by atoms with van der Waals surface area (Å²) in [5, 5.41) is 7.89. The molecule has 1 atom stereocenters. The van der Waals surface area contributed by atoms with Crippen LogP contribution < -0.4 is 5.32 Å². The van der Waals surface area contributed by atoms with Gasteiger partial charge in [0.2, 0.25) is 0 Å². The molecule has 0 saturated heterocycles. The minimum absolute atomic E-state index is 0.0776. The average Bonchev–Trinajstić information content (AvgIpc) is 2.98. The number of benzene rings is 2. The minimum Gasteiger partial charge on any atom is -0.386 e. The van der Waals surface area contributed by atoms with E-state index in [1.54, 1.807) is 0 Å². The van der Waals surface area contributed by atoms with Gasteiger partial charge in [-0.05, 0) is 12.1 Å². The van der Waals surface area contributed by atoms with E-state index in [4.69, 9.17) is 28.0 Å². The highest BCUT2D eigenvalue weighted by Crippen LogP contribution is 2.22. The highest BCUT2D eigenvalue weighted by molar-refractivity contribution is 6.34. The average molecular weight is 336 g/mol. The van der Waals surface area contributed by atoms with Crippen molar-refractivity contribution in [3.8, 4) is 0 Å². The Labute approximate surface area is 139 Å². The lowest BCUT2D eigenvalue weighted by Crippen LogP contribution is -2.84. The van der Waals surface area contributed by atoms with Gasteiger partial charge >= 0.3 is 0 Å². The summed E-state index contributed by atoms with van der Waals surface area (Å²) in [6, 6.07) is 15.6. The second kappa shape index (κ2) is 7.14. The summed E-state index contributed by atoms with van der Waals surface area (Å²) in [5.41, 5.74) is 3.01. The summed E-state index contributed by atoms with van der Waals surface area (Å²) in [4.78, 5) is 5.51. The molecule has 0 radical (unpaired) electrons. The number of nitrogens with two attached hydrogens (primary N) is 1. The SMILES string of the molecule is Clc1ccccc1C[NH2+]C[C@H]1CC(c2ccccc2Cl)=NO1. The Balaban J connectivity index is 1.51. The van der Waals surface area contributed by atoms with E-state index in [0.29, 0.717) is 5.02 Å². The summed E-state index contributed by atoms with van der Waals surface area (Å²) in [6.07, 6.45) is 0.858. The van der Waals surface area contributed by atoms with Crippen molar-refractivity contribution >= 4 is 28.9 Å². The Morgan fingerprint density at radius 3 is 2.55 bits per heavy atom. The van der Waals surface area contributed by atoms with E-state index in [1.165, 1.54) is 0 Å². The molecule has 1 aliphatic rings. The van der Waals surface area contributed by atoms with Crippen molar-refractivity contribution in [3.63, 3.8) is 0 Å². The zero-order valence-electron chi connectivity index (χ0n) is 12.0. The Morgan fingerprint density at radius 1 is 1.05 bits per heavy atom. The molecule has 3 nitrogen and oxygen atoms in total. The zero-order chi connectivity index (χ0) is 15.4. The van der Waals surface area contributed by atoms with E-state index < -0.39 is 0 Å². The van der Waals surface area contributed by atoms with E-state index in [0.717, 1.165) is 41.4 Å².